The first-order valence-corrected chi connectivity index (χ1v) is 15.7. The number of amides is 2. The number of likely N-dealkylation sites (tertiary alicyclic amines) is 1. The van der Waals surface area contributed by atoms with Crippen LogP contribution in [-0.2, 0) is 39.0 Å². The van der Waals surface area contributed by atoms with Gasteiger partial charge < -0.3 is 25.0 Å². The van der Waals surface area contributed by atoms with E-state index in [-0.39, 0.29) is 48.4 Å². The molecule has 2 amide bonds. The lowest BCUT2D eigenvalue weighted by Crippen LogP contribution is -2.51. The number of morpholine rings is 1. The number of ether oxygens (including phenoxy) is 2. The first-order chi connectivity index (χ1) is 21.3. The van der Waals surface area contributed by atoms with Crippen molar-refractivity contribution < 1.29 is 23.9 Å². The maximum Gasteiger partial charge on any atom is 0.240 e. The molecule has 2 aromatic carbocycles. The maximum absolute atomic E-state index is 13.8. The zero-order chi connectivity index (χ0) is 30.8. The third-order valence-electron chi connectivity index (χ3n) is 9.58. The van der Waals surface area contributed by atoms with Gasteiger partial charge in [-0.3, -0.25) is 14.4 Å². The highest BCUT2D eigenvalue weighted by Crippen LogP contribution is 2.31. The van der Waals surface area contributed by atoms with Gasteiger partial charge in [-0.1, -0.05) is 23.4 Å². The molecule has 2 bridgehead atoms. The average molecular weight is 603 g/mol. The molecule has 0 saturated carbocycles. The van der Waals surface area contributed by atoms with Gasteiger partial charge in [0.25, 0.3) is 0 Å². The van der Waals surface area contributed by atoms with Crippen molar-refractivity contribution in [3.8, 4) is 5.75 Å². The molecule has 234 valence electrons. The van der Waals surface area contributed by atoms with Gasteiger partial charge in [-0.25, -0.2) is 4.68 Å². The number of methoxy groups -OCH3 is 1. The van der Waals surface area contributed by atoms with Crippen LogP contribution in [0.5, 0.6) is 5.75 Å². The summed E-state index contributed by atoms with van der Waals surface area (Å²) in [6.45, 7) is 1.61. The Morgan fingerprint density at radius 3 is 2.50 bits per heavy atom. The molecule has 3 aromatic rings. The Labute approximate surface area is 257 Å². The zero-order valence-corrected chi connectivity index (χ0v) is 25.6. The molecule has 3 fully saturated rings. The Morgan fingerprint density at radius 2 is 1.77 bits per heavy atom. The second-order valence-electron chi connectivity index (χ2n) is 12.5. The van der Waals surface area contributed by atoms with Gasteiger partial charge in [-0.05, 0) is 79.8 Å². The molecule has 11 heteroatoms. The van der Waals surface area contributed by atoms with E-state index in [1.165, 1.54) is 0 Å². The summed E-state index contributed by atoms with van der Waals surface area (Å²) in [7, 11) is 3.48. The molecule has 6 rings (SSSR count). The van der Waals surface area contributed by atoms with Crippen molar-refractivity contribution in [3.05, 3.63) is 53.6 Å². The van der Waals surface area contributed by atoms with Crippen molar-refractivity contribution in [2.75, 3.05) is 26.9 Å². The number of aryl methyl sites for hydroxylation is 2. The number of hydrogen-bond donors (Lipinski definition) is 1. The van der Waals surface area contributed by atoms with E-state index in [1.54, 1.807) is 16.7 Å². The molecule has 2 unspecified atom stereocenters. The van der Waals surface area contributed by atoms with E-state index in [0.717, 1.165) is 47.2 Å². The van der Waals surface area contributed by atoms with Gasteiger partial charge in [-0.2, -0.15) is 0 Å². The summed E-state index contributed by atoms with van der Waals surface area (Å²) in [5.41, 5.74) is 10.3. The van der Waals surface area contributed by atoms with Crippen molar-refractivity contribution in [1.29, 1.82) is 0 Å². The normalized spacial score (nSPS) is 23.7. The molecular formula is C33H42N6O5. The van der Waals surface area contributed by atoms with E-state index < -0.39 is 12.1 Å². The first kappa shape index (κ1) is 30.2. The van der Waals surface area contributed by atoms with Crippen LogP contribution in [0.4, 0.5) is 0 Å². The predicted molar refractivity (Wildman–Crippen MR) is 164 cm³/mol. The lowest BCUT2D eigenvalue weighted by molar-refractivity contribution is -0.142. The number of nitrogens with zero attached hydrogens (tertiary/aromatic N) is 5. The Hall–Kier alpha value is -3.83. The average Bonchev–Trinajstić information content (AvgIpc) is 3.71. The second kappa shape index (κ2) is 13.0. The largest absolute Gasteiger partial charge is 0.497 e. The number of benzene rings is 2. The van der Waals surface area contributed by atoms with Crippen LogP contribution in [0.25, 0.3) is 11.0 Å². The number of rotatable bonds is 11. The van der Waals surface area contributed by atoms with Gasteiger partial charge in [0.15, 0.2) is 5.78 Å². The van der Waals surface area contributed by atoms with Crippen LogP contribution >= 0.6 is 0 Å². The molecule has 0 aliphatic carbocycles. The van der Waals surface area contributed by atoms with Crippen molar-refractivity contribution in [2.24, 2.45) is 18.7 Å². The quantitative estimate of drug-likeness (QED) is 0.354. The fraction of sp³-hybridized carbons (Fsp3) is 0.545. The van der Waals surface area contributed by atoms with Crippen molar-refractivity contribution in [2.45, 2.75) is 75.5 Å². The zero-order valence-electron chi connectivity index (χ0n) is 25.6. The summed E-state index contributed by atoms with van der Waals surface area (Å²) in [5, 5.41) is 8.25. The minimum Gasteiger partial charge on any atom is -0.497 e. The minimum atomic E-state index is -0.841. The summed E-state index contributed by atoms with van der Waals surface area (Å²) in [6, 6.07) is 12.7. The number of fused-ring (bicyclic) bond motifs is 3. The van der Waals surface area contributed by atoms with Crippen LogP contribution in [0.15, 0.2) is 42.5 Å². The summed E-state index contributed by atoms with van der Waals surface area (Å²) < 4.78 is 12.6. The Kier molecular flexibility index (Phi) is 8.95. The molecule has 0 spiro atoms. The van der Waals surface area contributed by atoms with E-state index in [2.05, 4.69) is 10.3 Å². The number of hydrogen-bond acceptors (Lipinski definition) is 8. The molecule has 0 radical (unpaired) electrons. The summed E-state index contributed by atoms with van der Waals surface area (Å²) in [4.78, 5) is 44.2. The molecule has 1 aromatic heterocycles. The summed E-state index contributed by atoms with van der Waals surface area (Å²) >= 11 is 0. The Morgan fingerprint density at radius 1 is 1.05 bits per heavy atom. The third-order valence-corrected chi connectivity index (χ3v) is 9.58. The van der Waals surface area contributed by atoms with Crippen LogP contribution < -0.4 is 10.5 Å². The topological polar surface area (TPSA) is 133 Å². The fourth-order valence-corrected chi connectivity index (χ4v) is 7.17. The van der Waals surface area contributed by atoms with Crippen LogP contribution in [-0.4, -0.2) is 93.4 Å². The number of aromatic nitrogens is 3. The molecule has 3 aliphatic heterocycles. The lowest BCUT2D eigenvalue weighted by atomic mass is 9.94. The summed E-state index contributed by atoms with van der Waals surface area (Å²) in [6.07, 6.45) is 4.58. The highest BCUT2D eigenvalue weighted by Gasteiger charge is 2.42. The third kappa shape index (κ3) is 6.34. The van der Waals surface area contributed by atoms with Gasteiger partial charge in [0.2, 0.25) is 11.8 Å². The highest BCUT2D eigenvalue weighted by molar-refractivity contribution is 5.92. The smallest absolute Gasteiger partial charge is 0.240 e. The lowest BCUT2D eigenvalue weighted by Gasteiger charge is -2.35. The number of carbonyl (C=O) groups is 3. The van der Waals surface area contributed by atoms with Crippen LogP contribution in [0, 0.1) is 5.92 Å². The van der Waals surface area contributed by atoms with Crippen molar-refractivity contribution >= 4 is 28.6 Å². The van der Waals surface area contributed by atoms with Gasteiger partial charge >= 0.3 is 0 Å². The first-order valence-electron chi connectivity index (χ1n) is 15.7. The Bertz CT molecular complexity index is 1490. The van der Waals surface area contributed by atoms with Gasteiger partial charge in [0.1, 0.15) is 11.3 Å². The van der Waals surface area contributed by atoms with Gasteiger partial charge in [0, 0.05) is 26.4 Å². The monoisotopic (exact) mass is 602 g/mol. The molecule has 3 aliphatic rings. The van der Waals surface area contributed by atoms with Crippen LogP contribution in [0.2, 0.25) is 0 Å². The highest BCUT2D eigenvalue weighted by atomic mass is 16.5. The van der Waals surface area contributed by atoms with Gasteiger partial charge in [-0.15, -0.1) is 5.10 Å². The molecule has 3 saturated heterocycles. The second-order valence-corrected chi connectivity index (χ2v) is 12.5. The molecule has 44 heavy (non-hydrogen) atoms. The molecule has 5 atom stereocenters. The molecule has 4 heterocycles. The minimum absolute atomic E-state index is 0.0305. The number of ketones is 1. The van der Waals surface area contributed by atoms with E-state index in [0.29, 0.717) is 39.0 Å². The van der Waals surface area contributed by atoms with Crippen LogP contribution in [0.1, 0.15) is 49.7 Å². The Balaban J connectivity index is 1.11. The van der Waals surface area contributed by atoms with E-state index in [9.17, 15) is 14.4 Å². The molecular weight excluding hydrogens is 560 g/mol. The SMILES string of the molecule is COc1ccc(C[C@@H]2C[C@@H](C(=O)CCc3ccc4c(c3)nnn4C)N(C(=O)[C@H](N)CCC(=O)N3C4CCC3COC4)C2)cc1. The van der Waals surface area contributed by atoms with Gasteiger partial charge in [0.05, 0.1) is 50.0 Å². The predicted octanol–water partition coefficient (Wildman–Crippen LogP) is 2.44. The van der Waals surface area contributed by atoms with Crippen molar-refractivity contribution in [3.63, 3.8) is 0 Å². The number of nitrogens with two attached hydrogens (primary N) is 1. The maximum atomic E-state index is 13.8. The number of carbonyl (C=O) groups excluding carboxylic acids is 3. The number of Topliss-reactive ketones (excluding diaryl/α,β-unsaturated/α-hetero) is 1. The molecule has 2 N–H and O–H groups in total. The fourth-order valence-electron chi connectivity index (χ4n) is 7.17. The standard InChI is InChI=1S/C33H42N6O5/c1-37-29-12-5-22(16-28(29)35-36-37)6-13-31(40)30-17-23(15-21-3-9-26(43-2)10-4-21)18-38(30)33(42)27(34)11-14-32(41)39-24-7-8-25(39)20-44-19-24/h3-5,9-10,12,16,23-25,27,30H,6-8,11,13-15,17-20,34H2,1-2H3/t23-,24?,25?,27-,30+/m1/s1. The molecule has 11 nitrogen and oxygen atoms in total. The van der Waals surface area contributed by atoms with Crippen molar-refractivity contribution in [1.82, 2.24) is 24.8 Å². The van der Waals surface area contributed by atoms with Crippen LogP contribution in [0.3, 0.4) is 0 Å². The van der Waals surface area contributed by atoms with E-state index >= 15 is 0 Å². The van der Waals surface area contributed by atoms with E-state index in [1.807, 2.05) is 54.4 Å². The van der Waals surface area contributed by atoms with E-state index in [4.69, 9.17) is 15.2 Å². The summed E-state index contributed by atoms with van der Waals surface area (Å²) in [5.74, 6) is 0.725.